The van der Waals surface area contributed by atoms with Crippen LogP contribution in [0.3, 0.4) is 0 Å². The van der Waals surface area contributed by atoms with Crippen molar-refractivity contribution in [2.75, 3.05) is 13.7 Å². The van der Waals surface area contributed by atoms with Crippen LogP contribution in [0.4, 0.5) is 0 Å². The van der Waals surface area contributed by atoms with Crippen molar-refractivity contribution < 1.29 is 4.74 Å². The molecule has 0 aliphatic heterocycles. The summed E-state index contributed by atoms with van der Waals surface area (Å²) in [7, 11) is 3.75. The van der Waals surface area contributed by atoms with Crippen LogP contribution in [0, 0.1) is 5.41 Å². The molecule has 4 nitrogen and oxygen atoms in total. The smallest absolute Gasteiger partial charge is 0.161 e. The van der Waals surface area contributed by atoms with Gasteiger partial charge in [-0.2, -0.15) is 5.10 Å². The normalized spacial score (nSPS) is 19.6. The molecule has 1 aliphatic carbocycles. The van der Waals surface area contributed by atoms with E-state index in [9.17, 15) is 0 Å². The third-order valence-electron chi connectivity index (χ3n) is 4.77. The average Bonchev–Trinajstić information content (AvgIpc) is 3.03. The maximum atomic E-state index is 5.52. The van der Waals surface area contributed by atoms with Gasteiger partial charge in [0.15, 0.2) is 5.75 Å². The highest BCUT2D eigenvalue weighted by Gasteiger charge is 2.42. The van der Waals surface area contributed by atoms with Gasteiger partial charge in [0, 0.05) is 7.05 Å². The number of hydrogen-bond acceptors (Lipinski definition) is 3. The van der Waals surface area contributed by atoms with Crippen LogP contribution in [-0.2, 0) is 7.05 Å². The van der Waals surface area contributed by atoms with E-state index in [1.165, 1.54) is 37.8 Å². The van der Waals surface area contributed by atoms with Crippen molar-refractivity contribution in [2.45, 2.75) is 52.0 Å². The van der Waals surface area contributed by atoms with Gasteiger partial charge in [-0.1, -0.05) is 26.7 Å². The van der Waals surface area contributed by atoms with Gasteiger partial charge >= 0.3 is 0 Å². The Bertz CT molecular complexity index is 408. The molecule has 2 rings (SSSR count). The molecule has 0 saturated heterocycles. The Morgan fingerprint density at radius 3 is 2.63 bits per heavy atom. The molecule has 1 aromatic heterocycles. The second-order valence-electron chi connectivity index (χ2n) is 5.64. The van der Waals surface area contributed by atoms with E-state index in [-0.39, 0.29) is 0 Å². The van der Waals surface area contributed by atoms with E-state index in [4.69, 9.17) is 4.74 Å². The van der Waals surface area contributed by atoms with E-state index < -0.39 is 0 Å². The zero-order valence-corrected chi connectivity index (χ0v) is 12.7. The molecule has 19 heavy (non-hydrogen) atoms. The zero-order valence-electron chi connectivity index (χ0n) is 12.7. The molecule has 4 heteroatoms. The fourth-order valence-corrected chi connectivity index (χ4v) is 3.65. The van der Waals surface area contributed by atoms with Gasteiger partial charge in [-0.3, -0.25) is 4.68 Å². The molecule has 0 spiro atoms. The van der Waals surface area contributed by atoms with Crippen LogP contribution in [0.25, 0.3) is 0 Å². The Balaban J connectivity index is 2.41. The summed E-state index contributed by atoms with van der Waals surface area (Å²) in [5, 5.41) is 8.07. The molecule has 1 N–H and O–H groups in total. The van der Waals surface area contributed by atoms with Crippen molar-refractivity contribution in [3.8, 4) is 5.75 Å². The number of ether oxygens (including phenoxy) is 1. The largest absolute Gasteiger partial charge is 0.493 e. The van der Waals surface area contributed by atoms with Gasteiger partial charge < -0.3 is 10.1 Å². The number of methoxy groups -OCH3 is 1. The van der Waals surface area contributed by atoms with Crippen LogP contribution in [-0.4, -0.2) is 23.4 Å². The Morgan fingerprint density at radius 2 is 2.11 bits per heavy atom. The van der Waals surface area contributed by atoms with Crippen molar-refractivity contribution in [2.24, 2.45) is 12.5 Å². The van der Waals surface area contributed by atoms with E-state index in [2.05, 4.69) is 24.3 Å². The lowest BCUT2D eigenvalue weighted by atomic mass is 9.74. The molecule has 0 amide bonds. The van der Waals surface area contributed by atoms with Gasteiger partial charge in [-0.25, -0.2) is 0 Å². The summed E-state index contributed by atoms with van der Waals surface area (Å²) in [5.41, 5.74) is 1.56. The van der Waals surface area contributed by atoms with Gasteiger partial charge in [0.25, 0.3) is 0 Å². The molecule has 0 radical (unpaired) electrons. The summed E-state index contributed by atoms with van der Waals surface area (Å²) in [6, 6.07) is 0.340. The van der Waals surface area contributed by atoms with Gasteiger partial charge in [0.05, 0.1) is 25.0 Å². The predicted octanol–water partition coefficient (Wildman–Crippen LogP) is 3.05. The second-order valence-corrected chi connectivity index (χ2v) is 5.64. The van der Waals surface area contributed by atoms with E-state index in [1.54, 1.807) is 7.11 Å². The summed E-state index contributed by atoms with van der Waals surface area (Å²) in [4.78, 5) is 0. The molecule has 0 aromatic carbocycles. The van der Waals surface area contributed by atoms with Crippen LogP contribution >= 0.6 is 0 Å². The fraction of sp³-hybridized carbons (Fsp3) is 0.800. The summed E-state index contributed by atoms with van der Waals surface area (Å²) in [6.45, 7) is 5.47. The van der Waals surface area contributed by atoms with Crippen molar-refractivity contribution in [1.82, 2.24) is 15.1 Å². The lowest BCUT2D eigenvalue weighted by Crippen LogP contribution is -2.37. The highest BCUT2D eigenvalue weighted by Crippen LogP contribution is 2.51. The van der Waals surface area contributed by atoms with Crippen molar-refractivity contribution in [1.29, 1.82) is 0 Å². The minimum Gasteiger partial charge on any atom is -0.493 e. The Hall–Kier alpha value is -1.03. The zero-order chi connectivity index (χ0) is 13.9. The molecule has 0 bridgehead atoms. The minimum atomic E-state index is 0.340. The average molecular weight is 265 g/mol. The first-order valence-electron chi connectivity index (χ1n) is 7.47. The maximum absolute atomic E-state index is 5.52. The summed E-state index contributed by atoms with van der Waals surface area (Å²) < 4.78 is 7.49. The number of aromatic nitrogens is 2. The van der Waals surface area contributed by atoms with Gasteiger partial charge in [0.1, 0.15) is 0 Å². The second kappa shape index (κ2) is 5.95. The van der Waals surface area contributed by atoms with Crippen LogP contribution in [0.15, 0.2) is 6.20 Å². The molecular weight excluding hydrogens is 238 g/mol. The van der Waals surface area contributed by atoms with Crippen molar-refractivity contribution >= 4 is 0 Å². The molecule has 1 atom stereocenters. The van der Waals surface area contributed by atoms with Crippen LogP contribution in [0.1, 0.15) is 57.7 Å². The number of rotatable bonds is 6. The standard InChI is InChI=1S/C15H27N3O/c1-5-15(9-7-8-10-15)14(16-6-2)13-12(19-4)11-17-18(13)3/h11,14,16H,5-10H2,1-4H3. The Labute approximate surface area is 116 Å². The summed E-state index contributed by atoms with van der Waals surface area (Å²) in [5.74, 6) is 0.910. The number of nitrogens with zero attached hydrogens (tertiary/aromatic N) is 2. The Kier molecular flexibility index (Phi) is 4.50. The molecule has 1 unspecified atom stereocenters. The van der Waals surface area contributed by atoms with Crippen LogP contribution in [0.5, 0.6) is 5.75 Å². The molecule has 108 valence electrons. The third-order valence-corrected chi connectivity index (χ3v) is 4.77. The molecule has 1 aromatic rings. The SMILES string of the molecule is CCNC(c1c(OC)cnn1C)C1(CC)CCCC1. The predicted molar refractivity (Wildman–Crippen MR) is 77.4 cm³/mol. The number of nitrogens with one attached hydrogen (secondary N) is 1. The lowest BCUT2D eigenvalue weighted by molar-refractivity contribution is 0.178. The highest BCUT2D eigenvalue weighted by molar-refractivity contribution is 5.30. The first-order chi connectivity index (χ1) is 9.18. The van der Waals surface area contributed by atoms with Crippen LogP contribution < -0.4 is 10.1 Å². The number of hydrogen-bond donors (Lipinski definition) is 1. The van der Waals surface area contributed by atoms with Crippen molar-refractivity contribution in [3.63, 3.8) is 0 Å². The lowest BCUT2D eigenvalue weighted by Gasteiger charge is -2.37. The maximum Gasteiger partial charge on any atom is 0.161 e. The first kappa shape index (κ1) is 14.4. The summed E-state index contributed by atoms with van der Waals surface area (Å²) in [6.07, 6.45) is 8.33. The van der Waals surface area contributed by atoms with Gasteiger partial charge in [-0.15, -0.1) is 0 Å². The fourth-order valence-electron chi connectivity index (χ4n) is 3.65. The van der Waals surface area contributed by atoms with Crippen molar-refractivity contribution in [3.05, 3.63) is 11.9 Å². The van der Waals surface area contributed by atoms with E-state index in [1.807, 2.05) is 17.9 Å². The molecule has 1 fully saturated rings. The van der Waals surface area contributed by atoms with E-state index >= 15 is 0 Å². The van der Waals surface area contributed by atoms with Gasteiger partial charge in [-0.05, 0) is 31.2 Å². The van der Waals surface area contributed by atoms with E-state index in [0.717, 1.165) is 12.3 Å². The third kappa shape index (κ3) is 2.50. The van der Waals surface area contributed by atoms with Gasteiger partial charge in [0.2, 0.25) is 0 Å². The molecule has 1 heterocycles. The van der Waals surface area contributed by atoms with Crippen LogP contribution in [0.2, 0.25) is 0 Å². The number of aryl methyl sites for hydroxylation is 1. The summed E-state index contributed by atoms with van der Waals surface area (Å²) >= 11 is 0. The van der Waals surface area contributed by atoms with E-state index in [0.29, 0.717) is 11.5 Å². The minimum absolute atomic E-state index is 0.340. The monoisotopic (exact) mass is 265 g/mol. The highest BCUT2D eigenvalue weighted by atomic mass is 16.5. The Morgan fingerprint density at radius 1 is 1.42 bits per heavy atom. The first-order valence-corrected chi connectivity index (χ1v) is 7.47. The topological polar surface area (TPSA) is 39.1 Å². The molecule has 1 saturated carbocycles. The molecule has 1 aliphatic rings. The molecular formula is C15H27N3O. The quantitative estimate of drug-likeness (QED) is 0.859.